The first-order valence-electron chi connectivity index (χ1n) is 6.23. The Kier molecular flexibility index (Phi) is 4.16. The highest BCUT2D eigenvalue weighted by Gasteiger charge is 2.38. The number of nitrogens with zero attached hydrogens (tertiary/aromatic N) is 3. The molecule has 2 unspecified atom stereocenters. The molecule has 1 saturated heterocycles. The number of aliphatic carboxylic acids is 2. The summed E-state index contributed by atoms with van der Waals surface area (Å²) in [5, 5.41) is 22.2. The Labute approximate surface area is 110 Å². The van der Waals surface area contributed by atoms with Crippen LogP contribution in [-0.2, 0) is 16.1 Å². The predicted molar refractivity (Wildman–Crippen MR) is 65.5 cm³/mol. The Balaban J connectivity index is 1.91. The van der Waals surface area contributed by atoms with Crippen LogP contribution in [0.1, 0.15) is 6.42 Å². The van der Waals surface area contributed by atoms with Gasteiger partial charge in [0.1, 0.15) is 0 Å². The minimum atomic E-state index is -1.03. The van der Waals surface area contributed by atoms with Crippen LogP contribution in [0.25, 0.3) is 0 Å². The van der Waals surface area contributed by atoms with E-state index in [9.17, 15) is 9.59 Å². The third-order valence-corrected chi connectivity index (χ3v) is 3.54. The third-order valence-electron chi connectivity index (χ3n) is 3.54. The van der Waals surface area contributed by atoms with Gasteiger partial charge in [-0.3, -0.25) is 14.3 Å². The summed E-state index contributed by atoms with van der Waals surface area (Å²) in [7, 11) is 0. The van der Waals surface area contributed by atoms with Crippen molar-refractivity contribution in [2.45, 2.75) is 13.0 Å². The summed E-state index contributed by atoms with van der Waals surface area (Å²) in [4.78, 5) is 24.2. The topological polar surface area (TPSA) is 95.7 Å². The SMILES string of the molecule is O=C(O)C1CCN(CCn2cccn2)CC1C(=O)O. The molecule has 2 N–H and O–H groups in total. The zero-order chi connectivity index (χ0) is 13.8. The number of aromatic nitrogens is 2. The molecule has 7 nitrogen and oxygen atoms in total. The van der Waals surface area contributed by atoms with Crippen molar-refractivity contribution in [2.75, 3.05) is 19.6 Å². The van der Waals surface area contributed by atoms with Crippen molar-refractivity contribution < 1.29 is 19.8 Å². The number of hydrogen-bond donors (Lipinski definition) is 2. The van der Waals surface area contributed by atoms with E-state index in [4.69, 9.17) is 10.2 Å². The predicted octanol–water partition coefficient (Wildman–Crippen LogP) is -0.00960. The summed E-state index contributed by atoms with van der Waals surface area (Å²) in [6.07, 6.45) is 3.92. The lowest BCUT2D eigenvalue weighted by molar-refractivity contribution is -0.157. The molecule has 1 aromatic heterocycles. The Hall–Kier alpha value is -1.89. The maximum absolute atomic E-state index is 11.1. The van der Waals surface area contributed by atoms with Gasteiger partial charge in [0, 0.05) is 25.5 Å². The molecule has 0 spiro atoms. The molecule has 2 heterocycles. The Bertz CT molecular complexity index is 446. The van der Waals surface area contributed by atoms with Crippen molar-refractivity contribution in [1.29, 1.82) is 0 Å². The number of carboxylic acids is 2. The molecule has 0 bridgehead atoms. The second-order valence-electron chi connectivity index (χ2n) is 4.75. The second-order valence-corrected chi connectivity index (χ2v) is 4.75. The van der Waals surface area contributed by atoms with Crippen LogP contribution in [0.4, 0.5) is 0 Å². The van der Waals surface area contributed by atoms with E-state index in [-0.39, 0.29) is 6.54 Å². The molecule has 104 valence electrons. The summed E-state index contributed by atoms with van der Waals surface area (Å²) >= 11 is 0. The Morgan fingerprint density at radius 2 is 1.95 bits per heavy atom. The highest BCUT2D eigenvalue weighted by Crippen LogP contribution is 2.24. The summed E-state index contributed by atoms with van der Waals surface area (Å²) in [5.41, 5.74) is 0. The molecule has 1 aromatic rings. The van der Waals surface area contributed by atoms with Crippen LogP contribution >= 0.6 is 0 Å². The summed E-state index contributed by atoms with van der Waals surface area (Å²) in [5.74, 6) is -3.65. The first-order valence-corrected chi connectivity index (χ1v) is 6.23. The lowest BCUT2D eigenvalue weighted by Crippen LogP contribution is -2.47. The van der Waals surface area contributed by atoms with E-state index in [2.05, 4.69) is 5.10 Å². The average molecular weight is 267 g/mol. The van der Waals surface area contributed by atoms with Crippen LogP contribution < -0.4 is 0 Å². The van der Waals surface area contributed by atoms with Gasteiger partial charge < -0.3 is 15.1 Å². The second kappa shape index (κ2) is 5.83. The van der Waals surface area contributed by atoms with Crippen molar-refractivity contribution in [2.24, 2.45) is 11.8 Å². The molecule has 7 heteroatoms. The molecule has 1 fully saturated rings. The first kappa shape index (κ1) is 13.5. The minimum Gasteiger partial charge on any atom is -0.481 e. The van der Waals surface area contributed by atoms with Crippen LogP contribution in [0.3, 0.4) is 0 Å². The molecule has 0 aliphatic carbocycles. The molecular formula is C12H17N3O4. The lowest BCUT2D eigenvalue weighted by atomic mass is 9.85. The quantitative estimate of drug-likeness (QED) is 0.779. The van der Waals surface area contributed by atoms with Crippen molar-refractivity contribution in [1.82, 2.24) is 14.7 Å². The van der Waals surface area contributed by atoms with E-state index in [0.717, 1.165) is 0 Å². The van der Waals surface area contributed by atoms with Crippen molar-refractivity contribution in [3.8, 4) is 0 Å². The maximum atomic E-state index is 11.1. The van der Waals surface area contributed by atoms with Gasteiger partial charge in [0.05, 0.1) is 18.4 Å². The Morgan fingerprint density at radius 1 is 1.21 bits per heavy atom. The van der Waals surface area contributed by atoms with E-state index in [0.29, 0.717) is 26.1 Å². The normalized spacial score (nSPS) is 24.2. The van der Waals surface area contributed by atoms with E-state index < -0.39 is 23.8 Å². The largest absolute Gasteiger partial charge is 0.481 e. The van der Waals surface area contributed by atoms with E-state index in [1.54, 1.807) is 10.9 Å². The van der Waals surface area contributed by atoms with Gasteiger partial charge in [0.2, 0.25) is 0 Å². The monoisotopic (exact) mass is 267 g/mol. The van der Waals surface area contributed by atoms with Crippen LogP contribution in [0, 0.1) is 11.8 Å². The molecule has 0 amide bonds. The molecule has 1 aliphatic heterocycles. The van der Waals surface area contributed by atoms with E-state index >= 15 is 0 Å². The van der Waals surface area contributed by atoms with Gasteiger partial charge in [0.25, 0.3) is 0 Å². The molecular weight excluding hydrogens is 250 g/mol. The fraction of sp³-hybridized carbons (Fsp3) is 0.583. The van der Waals surface area contributed by atoms with Gasteiger partial charge >= 0.3 is 11.9 Å². The van der Waals surface area contributed by atoms with Crippen LogP contribution in [0.15, 0.2) is 18.5 Å². The van der Waals surface area contributed by atoms with Crippen LogP contribution in [0.2, 0.25) is 0 Å². The van der Waals surface area contributed by atoms with E-state index in [1.165, 1.54) is 0 Å². The Morgan fingerprint density at radius 3 is 2.53 bits per heavy atom. The van der Waals surface area contributed by atoms with Gasteiger partial charge in [-0.25, -0.2) is 0 Å². The number of rotatable bonds is 5. The highest BCUT2D eigenvalue weighted by molar-refractivity contribution is 5.80. The zero-order valence-electron chi connectivity index (χ0n) is 10.5. The summed E-state index contributed by atoms with van der Waals surface area (Å²) in [6, 6.07) is 1.83. The lowest BCUT2D eigenvalue weighted by Gasteiger charge is -2.34. The number of likely N-dealkylation sites (tertiary alicyclic amines) is 1. The molecule has 0 radical (unpaired) electrons. The minimum absolute atomic E-state index is 0.285. The van der Waals surface area contributed by atoms with Gasteiger partial charge in [-0.2, -0.15) is 5.10 Å². The van der Waals surface area contributed by atoms with Gasteiger partial charge in [-0.15, -0.1) is 0 Å². The maximum Gasteiger partial charge on any atom is 0.308 e. The number of carbonyl (C=O) groups is 2. The molecule has 2 atom stereocenters. The number of carboxylic acid groups (broad SMARTS) is 2. The average Bonchev–Trinajstić information content (AvgIpc) is 2.88. The van der Waals surface area contributed by atoms with Crippen molar-refractivity contribution in [3.63, 3.8) is 0 Å². The number of hydrogen-bond acceptors (Lipinski definition) is 4. The van der Waals surface area contributed by atoms with Crippen LogP contribution in [-0.4, -0.2) is 56.5 Å². The van der Waals surface area contributed by atoms with Crippen molar-refractivity contribution in [3.05, 3.63) is 18.5 Å². The smallest absolute Gasteiger partial charge is 0.308 e. The van der Waals surface area contributed by atoms with E-state index in [1.807, 2.05) is 17.2 Å². The van der Waals surface area contributed by atoms with Gasteiger partial charge in [-0.1, -0.05) is 0 Å². The standard InChI is InChI=1S/C12H17N3O4/c16-11(17)9-2-5-14(8-10(9)12(18)19)6-7-15-4-1-3-13-15/h1,3-4,9-10H,2,5-8H2,(H,16,17)(H,18,19). The summed E-state index contributed by atoms with van der Waals surface area (Å²) < 4.78 is 1.78. The number of piperidine rings is 1. The molecule has 1 aliphatic rings. The summed E-state index contributed by atoms with van der Waals surface area (Å²) in [6.45, 7) is 2.25. The molecule has 0 aromatic carbocycles. The first-order chi connectivity index (χ1) is 9.08. The molecule has 2 rings (SSSR count). The van der Waals surface area contributed by atoms with Crippen LogP contribution in [0.5, 0.6) is 0 Å². The van der Waals surface area contributed by atoms with Crippen molar-refractivity contribution >= 4 is 11.9 Å². The molecule has 0 saturated carbocycles. The molecule has 19 heavy (non-hydrogen) atoms. The fourth-order valence-corrected chi connectivity index (χ4v) is 2.45. The van der Waals surface area contributed by atoms with Gasteiger partial charge in [-0.05, 0) is 19.0 Å². The van der Waals surface area contributed by atoms with Gasteiger partial charge in [0.15, 0.2) is 0 Å². The fourth-order valence-electron chi connectivity index (χ4n) is 2.45. The third kappa shape index (κ3) is 3.31. The zero-order valence-corrected chi connectivity index (χ0v) is 10.5. The highest BCUT2D eigenvalue weighted by atomic mass is 16.4.